The lowest BCUT2D eigenvalue weighted by Gasteiger charge is -2.62. The molecule has 9 nitrogen and oxygen atoms in total. The third-order valence-corrected chi connectivity index (χ3v) is 10.2. The van der Waals surface area contributed by atoms with Gasteiger partial charge in [0.1, 0.15) is 12.2 Å². The predicted octanol–water partition coefficient (Wildman–Crippen LogP) is 3.92. The van der Waals surface area contributed by atoms with Crippen LogP contribution in [-0.2, 0) is 38.1 Å². The Morgan fingerprint density at radius 1 is 1.10 bits per heavy atom. The van der Waals surface area contributed by atoms with E-state index in [1.807, 2.05) is 13.0 Å². The van der Waals surface area contributed by atoms with Crippen LogP contribution in [-0.4, -0.2) is 56.2 Å². The molecule has 9 atom stereocenters. The first kappa shape index (κ1) is 27.4. The van der Waals surface area contributed by atoms with Gasteiger partial charge in [-0.2, -0.15) is 0 Å². The number of ketones is 1. The third-order valence-electron chi connectivity index (χ3n) is 10.2. The van der Waals surface area contributed by atoms with E-state index in [-0.39, 0.29) is 24.2 Å². The van der Waals surface area contributed by atoms with Crippen molar-refractivity contribution in [1.82, 2.24) is 0 Å². The second kappa shape index (κ2) is 9.18. The summed E-state index contributed by atoms with van der Waals surface area (Å²) in [4.78, 5) is 52.9. The van der Waals surface area contributed by atoms with Crippen molar-refractivity contribution in [2.24, 2.45) is 28.1 Å². The maximum absolute atomic E-state index is 14.0. The Morgan fingerprint density at radius 2 is 1.82 bits per heavy atom. The number of hydrogen-bond donors (Lipinski definition) is 0. The van der Waals surface area contributed by atoms with E-state index in [9.17, 15) is 19.2 Å². The fourth-order valence-corrected chi connectivity index (χ4v) is 8.57. The zero-order valence-corrected chi connectivity index (χ0v) is 23.4. The van der Waals surface area contributed by atoms with Gasteiger partial charge < -0.3 is 23.4 Å². The van der Waals surface area contributed by atoms with Gasteiger partial charge in [-0.15, -0.1) is 0 Å². The summed E-state index contributed by atoms with van der Waals surface area (Å²) in [6.45, 7) is 8.83. The number of allylic oxidation sites excluding steroid dienone is 2. The van der Waals surface area contributed by atoms with Crippen molar-refractivity contribution in [1.29, 1.82) is 0 Å². The molecule has 0 spiro atoms. The smallest absolute Gasteiger partial charge is 0.315 e. The van der Waals surface area contributed by atoms with Crippen LogP contribution in [0.1, 0.15) is 58.9 Å². The van der Waals surface area contributed by atoms with Crippen molar-refractivity contribution in [3.8, 4) is 0 Å². The van der Waals surface area contributed by atoms with E-state index in [0.717, 1.165) is 16.7 Å². The SMILES string of the molecule is COC(=O)C[C@H]1[C@]2(C)C3=C(C)[C@H](c4ccoc4)C[C@H]3O[C@@H]2[C@@H](OC(C)=O)[C@@H]2[C@]1(C)C(=O)C=C[C@@]2(C)C(=O)OC. The Labute approximate surface area is 227 Å². The van der Waals surface area contributed by atoms with Gasteiger partial charge in [0.25, 0.3) is 0 Å². The molecule has 2 fully saturated rings. The summed E-state index contributed by atoms with van der Waals surface area (Å²) in [6.07, 6.45) is 4.88. The van der Waals surface area contributed by atoms with E-state index in [0.29, 0.717) is 6.42 Å². The molecule has 1 aromatic rings. The van der Waals surface area contributed by atoms with Crippen molar-refractivity contribution >= 4 is 23.7 Å². The zero-order valence-electron chi connectivity index (χ0n) is 23.4. The standard InChI is InChI=1S/C30H36O9/c1-15-18(17-9-11-37-14-17)12-19-23(15)30(5)20(13-22(33)35-6)29(4)21(32)8-10-28(3,27(34)36-7)25(29)24(26(30)39-19)38-16(2)31/h8-11,14,18-20,24-26H,12-13H2,1-7H3/t18-,19-,20-,24+,25+,26-,28-,29+,30-/m1/s1. The van der Waals surface area contributed by atoms with E-state index in [1.165, 1.54) is 33.3 Å². The van der Waals surface area contributed by atoms with Crippen molar-refractivity contribution in [3.63, 3.8) is 0 Å². The molecule has 1 saturated heterocycles. The van der Waals surface area contributed by atoms with Crippen molar-refractivity contribution < 1.29 is 42.5 Å². The lowest BCUT2D eigenvalue weighted by molar-refractivity contribution is -0.226. The molecule has 2 heterocycles. The van der Waals surface area contributed by atoms with Crippen LogP contribution in [0.25, 0.3) is 0 Å². The maximum Gasteiger partial charge on any atom is 0.315 e. The van der Waals surface area contributed by atoms with Crippen LogP contribution in [0.3, 0.4) is 0 Å². The predicted molar refractivity (Wildman–Crippen MR) is 137 cm³/mol. The normalized spacial score (nSPS) is 40.5. The molecule has 4 aliphatic rings. The average Bonchev–Trinajstić information content (AvgIpc) is 3.60. The Hall–Kier alpha value is -3.20. The van der Waals surface area contributed by atoms with Crippen molar-refractivity contribution in [2.45, 2.75) is 71.7 Å². The zero-order chi connectivity index (χ0) is 28.5. The van der Waals surface area contributed by atoms with Gasteiger partial charge in [0, 0.05) is 29.6 Å². The van der Waals surface area contributed by atoms with Gasteiger partial charge in [-0.25, -0.2) is 0 Å². The molecule has 1 aliphatic heterocycles. The summed E-state index contributed by atoms with van der Waals surface area (Å²) in [5.41, 5.74) is -0.391. The Balaban J connectivity index is 1.78. The average molecular weight is 541 g/mol. The van der Waals surface area contributed by atoms with Gasteiger partial charge in [-0.05, 0) is 49.5 Å². The van der Waals surface area contributed by atoms with E-state index in [4.69, 9.17) is 23.4 Å². The number of fused-ring (bicyclic) bond motifs is 4. The van der Waals surface area contributed by atoms with Crippen LogP contribution in [0, 0.1) is 28.1 Å². The van der Waals surface area contributed by atoms with Crippen LogP contribution in [0.5, 0.6) is 0 Å². The molecule has 39 heavy (non-hydrogen) atoms. The fraction of sp³-hybridized carbons (Fsp3) is 0.600. The van der Waals surface area contributed by atoms with E-state index in [1.54, 1.807) is 26.4 Å². The largest absolute Gasteiger partial charge is 0.472 e. The van der Waals surface area contributed by atoms with Crippen LogP contribution < -0.4 is 0 Å². The van der Waals surface area contributed by atoms with E-state index >= 15 is 0 Å². The first-order chi connectivity index (χ1) is 18.3. The number of esters is 3. The summed E-state index contributed by atoms with van der Waals surface area (Å²) in [6, 6.07) is 1.93. The van der Waals surface area contributed by atoms with Crippen LogP contribution in [0.2, 0.25) is 0 Å². The number of ether oxygens (including phenoxy) is 4. The maximum atomic E-state index is 14.0. The molecule has 1 aromatic heterocycles. The first-order valence-electron chi connectivity index (χ1n) is 13.3. The fourth-order valence-electron chi connectivity index (χ4n) is 8.57. The molecule has 1 saturated carbocycles. The first-order valence-corrected chi connectivity index (χ1v) is 13.3. The van der Waals surface area contributed by atoms with Crippen molar-refractivity contribution in [2.75, 3.05) is 14.2 Å². The van der Waals surface area contributed by atoms with Gasteiger partial charge >= 0.3 is 17.9 Å². The topological polar surface area (TPSA) is 118 Å². The Bertz CT molecular complexity index is 1280. The lowest BCUT2D eigenvalue weighted by atomic mass is 9.41. The quantitative estimate of drug-likeness (QED) is 0.311. The second-order valence-corrected chi connectivity index (χ2v) is 11.9. The van der Waals surface area contributed by atoms with Gasteiger partial charge in [-0.3, -0.25) is 19.2 Å². The van der Waals surface area contributed by atoms with Gasteiger partial charge in [0.05, 0.1) is 44.7 Å². The number of rotatable bonds is 5. The Morgan fingerprint density at radius 3 is 2.41 bits per heavy atom. The third kappa shape index (κ3) is 3.61. The molecule has 5 rings (SSSR count). The second-order valence-electron chi connectivity index (χ2n) is 11.9. The van der Waals surface area contributed by atoms with E-state index in [2.05, 4.69) is 6.92 Å². The van der Waals surface area contributed by atoms with E-state index < -0.39 is 58.2 Å². The van der Waals surface area contributed by atoms with Crippen molar-refractivity contribution in [3.05, 3.63) is 47.5 Å². The van der Waals surface area contributed by atoms with Gasteiger partial charge in [0.2, 0.25) is 0 Å². The highest BCUT2D eigenvalue weighted by Crippen LogP contribution is 2.70. The minimum atomic E-state index is -1.32. The Kier molecular flexibility index (Phi) is 6.44. The molecule has 210 valence electrons. The molecule has 0 N–H and O–H groups in total. The lowest BCUT2D eigenvalue weighted by Crippen LogP contribution is -2.70. The monoisotopic (exact) mass is 540 g/mol. The summed E-state index contributed by atoms with van der Waals surface area (Å²) < 4.78 is 28.5. The van der Waals surface area contributed by atoms with Crippen LogP contribution in [0.15, 0.2) is 46.3 Å². The number of carbonyl (C=O) groups is 4. The molecule has 3 aliphatic carbocycles. The number of methoxy groups -OCH3 is 2. The number of hydrogen-bond acceptors (Lipinski definition) is 9. The summed E-state index contributed by atoms with van der Waals surface area (Å²) in [5, 5.41) is 0. The highest BCUT2D eigenvalue weighted by atomic mass is 16.6. The minimum absolute atomic E-state index is 0.0419. The highest BCUT2D eigenvalue weighted by molar-refractivity contribution is 5.99. The summed E-state index contributed by atoms with van der Waals surface area (Å²) in [7, 11) is 2.60. The summed E-state index contributed by atoms with van der Waals surface area (Å²) >= 11 is 0. The highest BCUT2D eigenvalue weighted by Gasteiger charge is 2.75. The van der Waals surface area contributed by atoms with Crippen LogP contribution >= 0.6 is 0 Å². The van der Waals surface area contributed by atoms with Crippen LogP contribution in [0.4, 0.5) is 0 Å². The molecule has 0 aromatic carbocycles. The molecule has 0 bridgehead atoms. The van der Waals surface area contributed by atoms with Gasteiger partial charge in [-0.1, -0.05) is 25.5 Å². The molecule has 0 radical (unpaired) electrons. The molecule has 0 amide bonds. The molecule has 0 unspecified atom stereocenters. The molecular formula is C30H36O9. The molecule has 9 heteroatoms. The number of furan rings is 1. The van der Waals surface area contributed by atoms with Gasteiger partial charge in [0.15, 0.2) is 5.78 Å². The molecular weight excluding hydrogens is 504 g/mol. The summed E-state index contributed by atoms with van der Waals surface area (Å²) in [5.74, 6) is -3.26. The minimum Gasteiger partial charge on any atom is -0.472 e. The number of carbonyl (C=O) groups excluding carboxylic acids is 4.